The van der Waals surface area contributed by atoms with Crippen molar-refractivity contribution in [3.63, 3.8) is 0 Å². The maximum absolute atomic E-state index is 12.5. The van der Waals surface area contributed by atoms with Crippen LogP contribution in [0.1, 0.15) is 18.4 Å². The highest BCUT2D eigenvalue weighted by Gasteiger charge is 2.28. The molecule has 2 aromatic rings. The van der Waals surface area contributed by atoms with Crippen molar-refractivity contribution >= 4 is 39.9 Å². The first-order valence-corrected chi connectivity index (χ1v) is 9.50. The van der Waals surface area contributed by atoms with E-state index in [1.807, 2.05) is 35.7 Å². The second-order valence-corrected chi connectivity index (χ2v) is 7.36. The highest BCUT2D eigenvalue weighted by Crippen LogP contribution is 2.21. The van der Waals surface area contributed by atoms with Crippen molar-refractivity contribution in [2.45, 2.75) is 19.4 Å². The molecule has 3 amide bonds. The van der Waals surface area contributed by atoms with Crippen molar-refractivity contribution in [1.29, 1.82) is 0 Å². The highest BCUT2D eigenvalue weighted by atomic mass is 35.5. The van der Waals surface area contributed by atoms with Crippen molar-refractivity contribution in [3.05, 3.63) is 52.4 Å². The van der Waals surface area contributed by atoms with Gasteiger partial charge in [-0.25, -0.2) is 4.79 Å². The summed E-state index contributed by atoms with van der Waals surface area (Å²) in [7, 11) is 0. The van der Waals surface area contributed by atoms with Crippen LogP contribution >= 0.6 is 22.9 Å². The van der Waals surface area contributed by atoms with Gasteiger partial charge in [-0.15, -0.1) is 11.3 Å². The van der Waals surface area contributed by atoms with Crippen LogP contribution in [0.3, 0.4) is 0 Å². The Labute approximate surface area is 156 Å². The first kappa shape index (κ1) is 17.8. The van der Waals surface area contributed by atoms with Crippen LogP contribution in [0.5, 0.6) is 0 Å². The number of hydrogen-bond acceptors (Lipinski definition) is 3. The largest absolute Gasteiger partial charge is 0.352 e. The smallest absolute Gasteiger partial charge is 0.322 e. The molecule has 1 aromatic carbocycles. The summed E-state index contributed by atoms with van der Waals surface area (Å²) in [6, 6.07) is 11.1. The molecule has 0 bridgehead atoms. The van der Waals surface area contributed by atoms with E-state index in [9.17, 15) is 9.59 Å². The van der Waals surface area contributed by atoms with Crippen LogP contribution < -0.4 is 10.6 Å². The number of halogens is 1. The zero-order chi connectivity index (χ0) is 17.6. The summed E-state index contributed by atoms with van der Waals surface area (Å²) in [5.41, 5.74) is 0.889. The maximum Gasteiger partial charge on any atom is 0.322 e. The fraction of sp³-hybridized carbons (Fsp3) is 0.333. The van der Waals surface area contributed by atoms with E-state index in [2.05, 4.69) is 10.6 Å². The minimum Gasteiger partial charge on any atom is -0.352 e. The van der Waals surface area contributed by atoms with Gasteiger partial charge in [-0.05, 0) is 42.0 Å². The molecule has 1 aliphatic heterocycles. The molecule has 7 heteroatoms. The number of hydrogen-bond donors (Lipinski definition) is 2. The lowest BCUT2D eigenvalue weighted by atomic mass is 9.97. The van der Waals surface area contributed by atoms with E-state index in [0.29, 0.717) is 24.7 Å². The third-order valence-electron chi connectivity index (χ3n) is 4.24. The first-order chi connectivity index (χ1) is 12.1. The zero-order valence-corrected chi connectivity index (χ0v) is 15.3. The van der Waals surface area contributed by atoms with Gasteiger partial charge in [-0.3, -0.25) is 10.1 Å². The van der Waals surface area contributed by atoms with Crippen molar-refractivity contribution in [2.75, 3.05) is 18.4 Å². The molecule has 1 saturated heterocycles. The second-order valence-electron chi connectivity index (χ2n) is 6.00. The monoisotopic (exact) mass is 377 g/mol. The Hall–Kier alpha value is -2.05. The van der Waals surface area contributed by atoms with Crippen LogP contribution in [0, 0.1) is 5.92 Å². The van der Waals surface area contributed by atoms with E-state index < -0.39 is 0 Å². The van der Waals surface area contributed by atoms with Crippen molar-refractivity contribution in [3.8, 4) is 0 Å². The molecule has 132 valence electrons. The predicted molar refractivity (Wildman–Crippen MR) is 101 cm³/mol. The van der Waals surface area contributed by atoms with Gasteiger partial charge >= 0.3 is 6.03 Å². The van der Waals surface area contributed by atoms with Crippen LogP contribution in [-0.2, 0) is 11.3 Å². The van der Waals surface area contributed by atoms with Crippen molar-refractivity contribution in [1.82, 2.24) is 10.2 Å². The average molecular weight is 378 g/mol. The Morgan fingerprint density at radius 1 is 1.24 bits per heavy atom. The SMILES string of the molecule is O=C(NCc1ccccc1Cl)C1CCCN(C(=O)Nc2cccs2)C1. The van der Waals surface area contributed by atoms with Gasteiger partial charge < -0.3 is 10.2 Å². The minimum atomic E-state index is -0.190. The standard InChI is InChI=1S/C18H20ClN3O2S/c19-15-7-2-1-5-13(15)11-20-17(23)14-6-3-9-22(12-14)18(24)21-16-8-4-10-25-16/h1-2,4-5,7-8,10,14H,3,6,9,11-12H2,(H,20,23)(H,21,24). The minimum absolute atomic E-state index is 0.0338. The summed E-state index contributed by atoms with van der Waals surface area (Å²) in [6.07, 6.45) is 1.61. The molecule has 2 N–H and O–H groups in total. The van der Waals surface area contributed by atoms with Gasteiger partial charge in [0.15, 0.2) is 0 Å². The lowest BCUT2D eigenvalue weighted by molar-refractivity contribution is -0.126. The molecule has 1 aromatic heterocycles. The van der Waals surface area contributed by atoms with Crippen LogP contribution in [0.4, 0.5) is 9.80 Å². The Morgan fingerprint density at radius 3 is 2.84 bits per heavy atom. The predicted octanol–water partition coefficient (Wildman–Crippen LogP) is 3.96. The third-order valence-corrected chi connectivity index (χ3v) is 5.40. The molecule has 1 atom stereocenters. The van der Waals surface area contributed by atoms with Gasteiger partial charge in [0.05, 0.1) is 10.9 Å². The van der Waals surface area contributed by atoms with Gasteiger partial charge in [0.1, 0.15) is 0 Å². The molecule has 25 heavy (non-hydrogen) atoms. The second kappa shape index (κ2) is 8.36. The Kier molecular flexibility index (Phi) is 5.94. The normalized spacial score (nSPS) is 17.2. The Balaban J connectivity index is 1.52. The fourth-order valence-corrected chi connectivity index (χ4v) is 3.69. The maximum atomic E-state index is 12.5. The van der Waals surface area contributed by atoms with Crippen LogP contribution in [-0.4, -0.2) is 29.9 Å². The Morgan fingerprint density at radius 2 is 2.08 bits per heavy atom. The number of carbonyl (C=O) groups excluding carboxylic acids is 2. The molecule has 1 unspecified atom stereocenters. The van der Waals surface area contributed by atoms with Crippen LogP contribution in [0.25, 0.3) is 0 Å². The van der Waals surface area contributed by atoms with Crippen molar-refractivity contribution in [2.24, 2.45) is 5.92 Å². The number of carbonyl (C=O) groups is 2. The van der Waals surface area contributed by atoms with Gasteiger partial charge in [0.2, 0.25) is 5.91 Å². The van der Waals surface area contributed by atoms with Crippen LogP contribution in [0.15, 0.2) is 41.8 Å². The van der Waals surface area contributed by atoms with Gasteiger partial charge in [-0.1, -0.05) is 29.8 Å². The molecule has 0 radical (unpaired) electrons. The number of rotatable bonds is 4. The summed E-state index contributed by atoms with van der Waals surface area (Å²) in [4.78, 5) is 26.5. The van der Waals surface area contributed by atoms with Crippen LogP contribution in [0.2, 0.25) is 5.02 Å². The number of likely N-dealkylation sites (tertiary alicyclic amines) is 1. The molecular weight excluding hydrogens is 358 g/mol. The molecule has 5 nitrogen and oxygen atoms in total. The topological polar surface area (TPSA) is 61.4 Å². The van der Waals surface area contributed by atoms with E-state index in [1.54, 1.807) is 11.0 Å². The van der Waals surface area contributed by atoms with E-state index in [0.717, 1.165) is 23.4 Å². The lowest BCUT2D eigenvalue weighted by Gasteiger charge is -2.32. The highest BCUT2D eigenvalue weighted by molar-refractivity contribution is 7.14. The molecule has 1 aliphatic rings. The van der Waals surface area contributed by atoms with E-state index in [-0.39, 0.29) is 17.9 Å². The third kappa shape index (κ3) is 4.74. The van der Waals surface area contributed by atoms with E-state index in [4.69, 9.17) is 11.6 Å². The summed E-state index contributed by atoms with van der Waals surface area (Å²) in [5.74, 6) is -0.223. The summed E-state index contributed by atoms with van der Waals surface area (Å²) in [6.45, 7) is 1.51. The number of benzene rings is 1. The number of piperidine rings is 1. The zero-order valence-electron chi connectivity index (χ0n) is 13.7. The summed E-state index contributed by atoms with van der Waals surface area (Å²) < 4.78 is 0. The fourth-order valence-electron chi connectivity index (χ4n) is 2.88. The summed E-state index contributed by atoms with van der Waals surface area (Å²) >= 11 is 7.59. The van der Waals surface area contributed by atoms with Gasteiger partial charge in [0, 0.05) is 24.7 Å². The average Bonchev–Trinajstić information content (AvgIpc) is 3.14. The summed E-state index contributed by atoms with van der Waals surface area (Å²) in [5, 5.41) is 9.18. The lowest BCUT2D eigenvalue weighted by Crippen LogP contribution is -2.46. The Bertz CT molecular complexity index is 736. The molecule has 1 fully saturated rings. The molecule has 3 rings (SSSR count). The molecular formula is C18H20ClN3O2S. The number of nitrogens with one attached hydrogen (secondary N) is 2. The van der Waals surface area contributed by atoms with Crippen molar-refractivity contribution < 1.29 is 9.59 Å². The number of anilines is 1. The first-order valence-electron chi connectivity index (χ1n) is 8.24. The van der Waals surface area contributed by atoms with E-state index in [1.165, 1.54) is 11.3 Å². The van der Waals surface area contributed by atoms with E-state index >= 15 is 0 Å². The quantitative estimate of drug-likeness (QED) is 0.847. The molecule has 0 aliphatic carbocycles. The van der Waals surface area contributed by atoms with Gasteiger partial charge in [0.25, 0.3) is 0 Å². The number of nitrogens with zero attached hydrogens (tertiary/aromatic N) is 1. The number of thiophene rings is 1. The molecule has 0 spiro atoms. The number of amides is 3. The number of urea groups is 1. The molecule has 0 saturated carbocycles. The van der Waals surface area contributed by atoms with Gasteiger partial charge in [-0.2, -0.15) is 0 Å². The molecule has 2 heterocycles.